The number of ether oxygens (including phenoxy) is 1. The van der Waals surface area contributed by atoms with Crippen LogP contribution in [0.2, 0.25) is 19.6 Å². The molecule has 0 atom stereocenters. The lowest BCUT2D eigenvalue weighted by molar-refractivity contribution is 0.415. The van der Waals surface area contributed by atoms with Gasteiger partial charge in [-0.05, 0) is 57.0 Å². The van der Waals surface area contributed by atoms with E-state index >= 15 is 0 Å². The van der Waals surface area contributed by atoms with E-state index in [0.29, 0.717) is 0 Å². The van der Waals surface area contributed by atoms with Gasteiger partial charge in [0.25, 0.3) is 0 Å². The Balaban J connectivity index is 2.11. The Kier molecular flexibility index (Phi) is 4.03. The quantitative estimate of drug-likeness (QED) is 0.497. The Labute approximate surface area is 142 Å². The van der Waals surface area contributed by atoms with Gasteiger partial charge in [-0.2, -0.15) is 0 Å². The van der Waals surface area contributed by atoms with E-state index in [1.54, 1.807) is 12.3 Å². The highest BCUT2D eigenvalue weighted by Gasteiger charge is 2.26. The number of hydrogen-bond acceptors (Lipinski definition) is 3. The lowest BCUT2D eigenvalue weighted by atomic mass is 10.2. The third-order valence-electron chi connectivity index (χ3n) is 3.45. The second kappa shape index (κ2) is 5.54. The maximum atomic E-state index is 5.23. The lowest BCUT2D eigenvalue weighted by Crippen LogP contribution is -2.37. The summed E-state index contributed by atoms with van der Waals surface area (Å²) in [5, 5.41) is 1.56. The van der Waals surface area contributed by atoms with Gasteiger partial charge in [0.15, 0.2) is 0 Å². The van der Waals surface area contributed by atoms with Crippen LogP contribution in [-0.4, -0.2) is 15.2 Å². The van der Waals surface area contributed by atoms with Crippen LogP contribution in [0.4, 0.5) is 0 Å². The van der Waals surface area contributed by atoms with Gasteiger partial charge in [0.1, 0.15) is 5.75 Å². The third kappa shape index (κ3) is 2.84. The van der Waals surface area contributed by atoms with Gasteiger partial charge in [0, 0.05) is 14.3 Å². The Morgan fingerprint density at radius 3 is 2.29 bits per heavy atom. The van der Waals surface area contributed by atoms with Crippen LogP contribution in [-0.2, 0) is 0 Å². The first kappa shape index (κ1) is 15.3. The van der Waals surface area contributed by atoms with Crippen LogP contribution in [0.25, 0.3) is 19.8 Å². The van der Waals surface area contributed by atoms with Gasteiger partial charge in [0.05, 0.1) is 19.0 Å². The summed E-state index contributed by atoms with van der Waals surface area (Å²) in [7, 11) is 0.364. The summed E-state index contributed by atoms with van der Waals surface area (Å²) in [5.41, 5.74) is 1.27. The largest absolute Gasteiger partial charge is 0.497 e. The summed E-state index contributed by atoms with van der Waals surface area (Å²) in [6.07, 6.45) is 0. The molecule has 0 radical (unpaired) electrons. The normalized spacial score (nSPS) is 12.0. The van der Waals surface area contributed by atoms with Crippen LogP contribution in [0, 0.1) is 0 Å². The smallest absolute Gasteiger partial charge is 0.118 e. The van der Waals surface area contributed by atoms with Crippen molar-refractivity contribution >= 4 is 61.3 Å². The Morgan fingerprint density at radius 1 is 1.05 bits per heavy atom. The van der Waals surface area contributed by atoms with Gasteiger partial charge in [-0.25, -0.2) is 0 Å². The fourth-order valence-electron chi connectivity index (χ4n) is 2.39. The molecule has 0 aliphatic heterocycles. The Morgan fingerprint density at radius 2 is 1.71 bits per heavy atom. The second-order valence-corrected chi connectivity index (χ2v) is 14.5. The molecule has 0 spiro atoms. The van der Waals surface area contributed by atoms with E-state index in [-0.39, 0.29) is 0 Å². The van der Waals surface area contributed by atoms with E-state index in [9.17, 15) is 0 Å². The highest BCUT2D eigenvalue weighted by Crippen LogP contribution is 2.40. The van der Waals surface area contributed by atoms with Crippen LogP contribution >= 0.6 is 38.6 Å². The van der Waals surface area contributed by atoms with Gasteiger partial charge < -0.3 is 4.74 Å². The summed E-state index contributed by atoms with van der Waals surface area (Å²) in [5.74, 6) is 0.905. The topological polar surface area (TPSA) is 9.23 Å². The molecule has 1 aromatic carbocycles. The summed E-state index contributed by atoms with van der Waals surface area (Å²) in [6, 6.07) is 10.6. The predicted octanol–water partition coefficient (Wildman–Crippen LogP) is 5.95. The molecule has 0 unspecified atom stereocenters. The zero-order valence-corrected chi connectivity index (χ0v) is 16.7. The number of methoxy groups -OCH3 is 1. The van der Waals surface area contributed by atoms with Gasteiger partial charge in [-0.1, -0.05) is 19.6 Å². The number of rotatable bonds is 3. The summed E-state index contributed by atoms with van der Waals surface area (Å²) >= 11 is 7.55. The molecule has 21 heavy (non-hydrogen) atoms. The zero-order chi connectivity index (χ0) is 15.2. The van der Waals surface area contributed by atoms with Crippen LogP contribution in [0.5, 0.6) is 5.75 Å². The summed E-state index contributed by atoms with van der Waals surface area (Å²) < 4.78 is 9.42. The highest BCUT2D eigenvalue weighted by molar-refractivity contribution is 9.11. The van der Waals surface area contributed by atoms with Crippen LogP contribution in [0.15, 0.2) is 34.1 Å². The summed E-state index contributed by atoms with van der Waals surface area (Å²) in [6.45, 7) is 7.23. The van der Waals surface area contributed by atoms with E-state index in [0.717, 1.165) is 5.75 Å². The van der Waals surface area contributed by atoms with Gasteiger partial charge in [0.2, 0.25) is 0 Å². The molecule has 3 rings (SSSR count). The minimum Gasteiger partial charge on any atom is -0.497 e. The van der Waals surface area contributed by atoms with Crippen LogP contribution in [0.3, 0.4) is 0 Å². The predicted molar refractivity (Wildman–Crippen MR) is 102 cm³/mol. The van der Waals surface area contributed by atoms with E-state index < -0.39 is 8.07 Å². The van der Waals surface area contributed by atoms with Crippen molar-refractivity contribution < 1.29 is 4.74 Å². The van der Waals surface area contributed by atoms with E-state index in [2.05, 4.69) is 53.8 Å². The van der Waals surface area contributed by atoms with E-state index in [1.165, 1.54) is 23.6 Å². The van der Waals surface area contributed by atoms with E-state index in [4.69, 9.17) is 4.74 Å². The monoisotopic (exact) mass is 396 g/mol. The molecule has 0 saturated carbocycles. The van der Waals surface area contributed by atoms with E-state index in [1.807, 2.05) is 34.8 Å². The van der Waals surface area contributed by atoms with Gasteiger partial charge >= 0.3 is 0 Å². The maximum absolute atomic E-state index is 5.23. The molecule has 3 aromatic rings. The SMILES string of the molecule is COc1ccc(-c2cc3sc(Br)c([Si](C)(C)C)c3s2)cc1. The maximum Gasteiger partial charge on any atom is 0.118 e. The first-order chi connectivity index (χ1) is 9.90. The fraction of sp³-hybridized carbons (Fsp3) is 0.250. The molecule has 0 N–H and O–H groups in total. The fourth-order valence-corrected chi connectivity index (χ4v) is 10.8. The summed E-state index contributed by atoms with van der Waals surface area (Å²) in [4.78, 5) is 1.34. The molecule has 0 amide bonds. The molecule has 0 aliphatic carbocycles. The number of hydrogen-bond donors (Lipinski definition) is 0. The molecule has 0 saturated heterocycles. The van der Waals surface area contributed by atoms with Crippen molar-refractivity contribution in [1.82, 2.24) is 0 Å². The van der Waals surface area contributed by atoms with Crippen molar-refractivity contribution in [2.45, 2.75) is 19.6 Å². The lowest BCUT2D eigenvalue weighted by Gasteiger charge is -2.15. The molecule has 0 fully saturated rings. The third-order valence-corrected chi connectivity index (χ3v) is 9.31. The number of benzene rings is 1. The molecule has 1 nitrogen and oxygen atoms in total. The zero-order valence-electron chi connectivity index (χ0n) is 12.5. The van der Waals surface area contributed by atoms with Crippen molar-refractivity contribution in [2.24, 2.45) is 0 Å². The van der Waals surface area contributed by atoms with Crippen molar-refractivity contribution in [2.75, 3.05) is 7.11 Å². The standard InChI is InChI=1S/C16H17BrOS2Si/c1-18-11-7-5-10(6-8-11)12-9-13-14(19-12)15(16(17)20-13)21(2,3)4/h5-9H,1-4H3. The van der Waals surface area contributed by atoms with Crippen molar-refractivity contribution in [3.8, 4) is 16.2 Å². The first-order valence-electron chi connectivity index (χ1n) is 6.77. The van der Waals surface area contributed by atoms with Crippen molar-refractivity contribution in [1.29, 1.82) is 0 Å². The average Bonchev–Trinajstić information content (AvgIpc) is 2.93. The highest BCUT2D eigenvalue weighted by atomic mass is 79.9. The molecule has 0 bridgehead atoms. The number of halogens is 1. The molecular formula is C16H17BrOS2Si. The molecule has 2 aromatic heterocycles. The molecule has 5 heteroatoms. The first-order valence-corrected chi connectivity index (χ1v) is 12.7. The minimum atomic E-state index is -1.34. The molecule has 2 heterocycles. The molecular weight excluding hydrogens is 380 g/mol. The van der Waals surface area contributed by atoms with Crippen molar-refractivity contribution in [3.63, 3.8) is 0 Å². The molecule has 110 valence electrons. The minimum absolute atomic E-state index is 0.905. The Bertz CT molecular complexity index is 781. The average molecular weight is 397 g/mol. The number of thiophene rings is 2. The van der Waals surface area contributed by atoms with Crippen molar-refractivity contribution in [3.05, 3.63) is 34.1 Å². The van der Waals surface area contributed by atoms with Crippen LogP contribution in [0.1, 0.15) is 0 Å². The second-order valence-electron chi connectivity index (χ2n) is 6.03. The van der Waals surface area contributed by atoms with Gasteiger partial charge in [-0.3, -0.25) is 0 Å². The van der Waals surface area contributed by atoms with Gasteiger partial charge in [-0.15, -0.1) is 22.7 Å². The Hall–Kier alpha value is -0.623. The number of fused-ring (bicyclic) bond motifs is 1. The molecule has 0 aliphatic rings. The van der Waals surface area contributed by atoms with Crippen LogP contribution < -0.4 is 9.92 Å².